The highest BCUT2D eigenvalue weighted by atomic mass is 32.2. The Morgan fingerprint density at radius 3 is 2.23 bits per heavy atom. The molecule has 0 atom stereocenters. The van der Waals surface area contributed by atoms with Gasteiger partial charge >= 0.3 is 0 Å². The lowest BCUT2D eigenvalue weighted by atomic mass is 10.1. The zero-order chi connectivity index (χ0) is 20.6. The van der Waals surface area contributed by atoms with Crippen LogP contribution in [0, 0.1) is 0 Å². The smallest absolute Gasteiger partial charge is 0.296 e. The second kappa shape index (κ2) is 7.59. The first-order valence-corrected chi connectivity index (χ1v) is 11.4. The minimum Gasteiger partial charge on any atom is -0.340 e. The molecule has 5 aromatic rings. The number of hydrogen-bond acceptors (Lipinski definition) is 3. The maximum Gasteiger partial charge on any atom is 0.296 e. The number of rotatable bonds is 6. The molecule has 0 bridgehead atoms. The third kappa shape index (κ3) is 3.26. The van der Waals surface area contributed by atoms with E-state index in [0.717, 1.165) is 5.52 Å². The number of fused-ring (bicyclic) bond motifs is 5. The molecule has 4 aromatic carbocycles. The van der Waals surface area contributed by atoms with Gasteiger partial charge in [-0.05, 0) is 30.0 Å². The summed E-state index contributed by atoms with van der Waals surface area (Å²) in [5, 5.41) is 4.80. The fraction of sp³-hybridized carbons (Fsp3) is 0.120. The molecule has 0 aliphatic carbocycles. The number of hydrogen-bond donors (Lipinski definition) is 0. The highest BCUT2D eigenvalue weighted by Crippen LogP contribution is 2.34. The molecule has 1 aromatic heterocycles. The van der Waals surface area contributed by atoms with Crippen LogP contribution < -0.4 is 0 Å². The first-order valence-electron chi connectivity index (χ1n) is 9.98. The Labute approximate surface area is 175 Å². The van der Waals surface area contributed by atoms with Crippen molar-refractivity contribution >= 4 is 42.7 Å². The Balaban J connectivity index is 1.47. The summed E-state index contributed by atoms with van der Waals surface area (Å²) in [7, 11) is -3.73. The summed E-state index contributed by atoms with van der Waals surface area (Å²) < 4.78 is 32.3. The summed E-state index contributed by atoms with van der Waals surface area (Å²) in [5.41, 5.74) is 2.33. The molecule has 5 rings (SSSR count). The van der Waals surface area contributed by atoms with Gasteiger partial charge in [0.1, 0.15) is 0 Å². The lowest BCUT2D eigenvalue weighted by molar-refractivity contribution is 0.305. The molecule has 0 aliphatic heterocycles. The molecule has 1 heterocycles. The molecular weight excluding hydrogens is 394 g/mol. The average Bonchev–Trinajstić information content (AvgIpc) is 3.11. The van der Waals surface area contributed by atoms with Crippen LogP contribution in [0.1, 0.15) is 6.42 Å². The fourth-order valence-corrected chi connectivity index (χ4v) is 5.06. The van der Waals surface area contributed by atoms with Crippen molar-refractivity contribution in [1.29, 1.82) is 0 Å². The van der Waals surface area contributed by atoms with Crippen molar-refractivity contribution in [3.05, 3.63) is 91.0 Å². The second-order valence-corrected chi connectivity index (χ2v) is 8.91. The molecule has 0 radical (unpaired) electrons. The van der Waals surface area contributed by atoms with E-state index in [9.17, 15) is 8.42 Å². The van der Waals surface area contributed by atoms with E-state index in [1.54, 1.807) is 30.3 Å². The van der Waals surface area contributed by atoms with E-state index in [4.69, 9.17) is 4.18 Å². The van der Waals surface area contributed by atoms with Gasteiger partial charge in [0.05, 0.1) is 17.0 Å². The molecule has 4 nitrogen and oxygen atoms in total. The summed E-state index contributed by atoms with van der Waals surface area (Å²) in [6, 6.07) is 29.3. The SMILES string of the molecule is O=S(=O)(OCCCn1c2ccccc2c2ccc3ccccc3c21)c1ccccc1. The summed E-state index contributed by atoms with van der Waals surface area (Å²) >= 11 is 0. The molecule has 5 heteroatoms. The molecule has 0 aliphatic rings. The summed E-state index contributed by atoms with van der Waals surface area (Å²) in [6.07, 6.45) is 0.586. The van der Waals surface area contributed by atoms with Crippen LogP contribution in [0.5, 0.6) is 0 Å². The second-order valence-electron chi connectivity index (χ2n) is 7.29. The zero-order valence-corrected chi connectivity index (χ0v) is 17.2. The van der Waals surface area contributed by atoms with Gasteiger partial charge < -0.3 is 4.57 Å². The van der Waals surface area contributed by atoms with Crippen molar-refractivity contribution in [2.45, 2.75) is 17.9 Å². The predicted molar refractivity (Wildman–Crippen MR) is 121 cm³/mol. The summed E-state index contributed by atoms with van der Waals surface area (Å²) in [6.45, 7) is 0.804. The largest absolute Gasteiger partial charge is 0.340 e. The van der Waals surface area contributed by atoms with Crippen molar-refractivity contribution in [3.63, 3.8) is 0 Å². The molecule has 0 N–H and O–H groups in total. The number of nitrogens with zero attached hydrogens (tertiary/aromatic N) is 1. The van der Waals surface area contributed by atoms with Crippen LogP contribution in [0.2, 0.25) is 0 Å². The van der Waals surface area contributed by atoms with Gasteiger partial charge in [-0.15, -0.1) is 0 Å². The van der Waals surface area contributed by atoms with Gasteiger partial charge in [0.15, 0.2) is 0 Å². The minimum atomic E-state index is -3.73. The van der Waals surface area contributed by atoms with Gasteiger partial charge in [0.25, 0.3) is 10.1 Å². The summed E-state index contributed by atoms with van der Waals surface area (Å²) in [4.78, 5) is 0.188. The maximum atomic E-state index is 12.4. The topological polar surface area (TPSA) is 48.3 Å². The first-order chi connectivity index (χ1) is 14.6. The molecule has 0 unspecified atom stereocenters. The standard InChI is InChI=1S/C25H21NO3S/c27-30(28,20-10-2-1-3-11-20)29-18-8-17-26-24-14-7-6-13-22(24)23-16-15-19-9-4-5-12-21(19)25(23)26/h1-7,9-16H,8,17-18H2. The fourth-order valence-electron chi connectivity index (χ4n) is 4.10. The Bertz CT molecular complexity index is 1450. The molecule has 0 amide bonds. The van der Waals surface area contributed by atoms with E-state index in [2.05, 4.69) is 53.1 Å². The number of para-hydroxylation sites is 1. The molecule has 0 fully saturated rings. The van der Waals surface area contributed by atoms with Crippen molar-refractivity contribution in [2.24, 2.45) is 0 Å². The van der Waals surface area contributed by atoms with Crippen LogP contribution >= 0.6 is 0 Å². The molecule has 0 saturated carbocycles. The molecule has 0 spiro atoms. The van der Waals surface area contributed by atoms with Gasteiger partial charge in [-0.2, -0.15) is 8.42 Å². The normalized spacial score (nSPS) is 12.1. The third-order valence-electron chi connectivity index (χ3n) is 5.45. The molecule has 30 heavy (non-hydrogen) atoms. The van der Waals surface area contributed by atoms with E-state index < -0.39 is 10.1 Å². The van der Waals surface area contributed by atoms with Crippen LogP contribution in [0.3, 0.4) is 0 Å². The molecular formula is C25H21NO3S. The first kappa shape index (κ1) is 18.9. The minimum absolute atomic E-state index is 0.135. The molecule has 0 saturated heterocycles. The van der Waals surface area contributed by atoms with Crippen LogP contribution in [-0.4, -0.2) is 19.6 Å². The van der Waals surface area contributed by atoms with Crippen LogP contribution in [-0.2, 0) is 20.8 Å². The maximum absolute atomic E-state index is 12.4. The Hall–Kier alpha value is -3.15. The van der Waals surface area contributed by atoms with Gasteiger partial charge in [-0.25, -0.2) is 0 Å². The summed E-state index contributed by atoms with van der Waals surface area (Å²) in [5.74, 6) is 0. The van der Waals surface area contributed by atoms with E-state index in [1.165, 1.54) is 27.1 Å². The van der Waals surface area contributed by atoms with Gasteiger partial charge in [0.2, 0.25) is 0 Å². The van der Waals surface area contributed by atoms with Crippen LogP contribution in [0.25, 0.3) is 32.6 Å². The van der Waals surface area contributed by atoms with Crippen LogP contribution in [0.15, 0.2) is 95.9 Å². The van der Waals surface area contributed by atoms with E-state index in [1.807, 2.05) is 12.1 Å². The predicted octanol–water partition coefficient (Wildman–Crippen LogP) is 5.74. The van der Waals surface area contributed by atoms with Crippen molar-refractivity contribution in [1.82, 2.24) is 4.57 Å². The Kier molecular flexibility index (Phi) is 4.77. The van der Waals surface area contributed by atoms with Crippen molar-refractivity contribution < 1.29 is 12.6 Å². The highest BCUT2D eigenvalue weighted by molar-refractivity contribution is 7.86. The number of aromatic nitrogens is 1. The van der Waals surface area contributed by atoms with Crippen molar-refractivity contribution in [3.8, 4) is 0 Å². The monoisotopic (exact) mass is 415 g/mol. The average molecular weight is 416 g/mol. The van der Waals surface area contributed by atoms with Gasteiger partial charge in [-0.1, -0.05) is 72.8 Å². The number of benzene rings is 4. The zero-order valence-electron chi connectivity index (χ0n) is 16.4. The van der Waals surface area contributed by atoms with E-state index in [0.29, 0.717) is 13.0 Å². The van der Waals surface area contributed by atoms with E-state index in [-0.39, 0.29) is 11.5 Å². The Morgan fingerprint density at radius 1 is 0.700 bits per heavy atom. The third-order valence-corrected chi connectivity index (χ3v) is 6.78. The lowest BCUT2D eigenvalue weighted by Gasteiger charge is -2.10. The van der Waals surface area contributed by atoms with Crippen LogP contribution in [0.4, 0.5) is 0 Å². The molecule has 150 valence electrons. The quantitative estimate of drug-likeness (QED) is 0.262. The van der Waals surface area contributed by atoms with Crippen molar-refractivity contribution in [2.75, 3.05) is 6.61 Å². The Morgan fingerprint density at radius 2 is 1.40 bits per heavy atom. The number of aryl methyl sites for hydroxylation is 1. The van der Waals surface area contributed by atoms with E-state index >= 15 is 0 Å². The van der Waals surface area contributed by atoms with Gasteiger partial charge in [0, 0.05) is 28.2 Å². The highest BCUT2D eigenvalue weighted by Gasteiger charge is 2.16. The lowest BCUT2D eigenvalue weighted by Crippen LogP contribution is -2.09. The van der Waals surface area contributed by atoms with Gasteiger partial charge in [-0.3, -0.25) is 4.18 Å².